The molecule has 0 aliphatic carbocycles. The number of carbonyl (C=O) groups is 3. The fourth-order valence-electron chi connectivity index (χ4n) is 2.72. The topological polar surface area (TPSA) is 116 Å². The third-order valence-corrected chi connectivity index (χ3v) is 4.95. The van der Waals surface area contributed by atoms with Crippen LogP contribution in [0.5, 0.6) is 0 Å². The lowest BCUT2D eigenvalue weighted by atomic mass is 10.1. The molecule has 1 N–H and O–H groups in total. The molecule has 33 heavy (non-hydrogen) atoms. The molecular weight excluding hydrogens is 492 g/mol. The molecule has 0 aliphatic heterocycles. The quantitative estimate of drug-likeness (QED) is 0.157. The molecule has 0 saturated heterocycles. The number of nitrogens with one attached hydrogen (secondary N) is 1. The molecule has 0 aliphatic rings. The fraction of sp³-hybridized carbons (Fsp3) is 0.0417. The molecule has 0 bridgehead atoms. The standard InChI is InChI=1S/C24H17BrN2O6/c25-19-10-6-18(7-11-19)23(29)26-21(14-16-4-2-1-3-5-16)24(30)33-15-22(28)17-8-12-20(13-9-17)27(31)32/h1-14H,15H2,(H,26,29)/b21-14-. The number of ether oxygens (including phenoxy) is 1. The lowest BCUT2D eigenvalue weighted by Gasteiger charge is -2.10. The van der Waals surface area contributed by atoms with Gasteiger partial charge in [0.05, 0.1) is 4.92 Å². The Balaban J connectivity index is 1.74. The number of carbonyl (C=O) groups excluding carboxylic acids is 3. The van der Waals surface area contributed by atoms with E-state index in [0.717, 1.165) is 4.47 Å². The van der Waals surface area contributed by atoms with Gasteiger partial charge in [-0.15, -0.1) is 0 Å². The predicted molar refractivity (Wildman–Crippen MR) is 124 cm³/mol. The minimum absolute atomic E-state index is 0.148. The highest BCUT2D eigenvalue weighted by Gasteiger charge is 2.18. The first-order chi connectivity index (χ1) is 15.8. The zero-order chi connectivity index (χ0) is 23.8. The summed E-state index contributed by atoms with van der Waals surface area (Å²) in [6.07, 6.45) is 1.44. The summed E-state index contributed by atoms with van der Waals surface area (Å²) in [6, 6.07) is 20.3. The zero-order valence-corrected chi connectivity index (χ0v) is 18.7. The highest BCUT2D eigenvalue weighted by Crippen LogP contribution is 2.14. The summed E-state index contributed by atoms with van der Waals surface area (Å²) in [5, 5.41) is 13.3. The van der Waals surface area contributed by atoms with Crippen molar-refractivity contribution < 1.29 is 24.0 Å². The van der Waals surface area contributed by atoms with Crippen molar-refractivity contribution in [2.45, 2.75) is 0 Å². The minimum Gasteiger partial charge on any atom is -0.453 e. The first-order valence-corrected chi connectivity index (χ1v) is 10.4. The van der Waals surface area contributed by atoms with Crippen molar-refractivity contribution in [1.29, 1.82) is 0 Å². The normalized spacial score (nSPS) is 10.9. The molecule has 0 aromatic heterocycles. The molecule has 3 aromatic rings. The lowest BCUT2D eigenvalue weighted by molar-refractivity contribution is -0.384. The van der Waals surface area contributed by atoms with Crippen LogP contribution >= 0.6 is 15.9 Å². The van der Waals surface area contributed by atoms with E-state index in [2.05, 4.69) is 21.2 Å². The van der Waals surface area contributed by atoms with E-state index < -0.39 is 29.2 Å². The Morgan fingerprint density at radius 2 is 1.52 bits per heavy atom. The third kappa shape index (κ3) is 6.68. The molecule has 9 heteroatoms. The van der Waals surface area contributed by atoms with Gasteiger partial charge in [0.2, 0.25) is 0 Å². The number of hydrogen-bond acceptors (Lipinski definition) is 6. The number of nitro benzene ring substituents is 1. The number of nitrogens with zero attached hydrogens (tertiary/aromatic N) is 1. The van der Waals surface area contributed by atoms with Gasteiger partial charge in [-0.3, -0.25) is 19.7 Å². The fourth-order valence-corrected chi connectivity index (χ4v) is 2.98. The first-order valence-electron chi connectivity index (χ1n) is 9.62. The summed E-state index contributed by atoms with van der Waals surface area (Å²) in [7, 11) is 0. The number of hydrogen-bond donors (Lipinski definition) is 1. The summed E-state index contributed by atoms with van der Waals surface area (Å²) in [5.41, 5.74) is 0.813. The monoisotopic (exact) mass is 508 g/mol. The number of benzene rings is 3. The van der Waals surface area contributed by atoms with Crippen molar-refractivity contribution in [2.75, 3.05) is 6.61 Å². The second kappa shape index (κ2) is 11.0. The van der Waals surface area contributed by atoms with Crippen molar-refractivity contribution in [3.05, 3.63) is 116 Å². The number of nitro groups is 1. The molecule has 3 aromatic carbocycles. The zero-order valence-electron chi connectivity index (χ0n) is 17.1. The van der Waals surface area contributed by atoms with Crippen LogP contribution in [0.1, 0.15) is 26.3 Å². The molecule has 0 saturated carbocycles. The van der Waals surface area contributed by atoms with E-state index >= 15 is 0 Å². The molecule has 0 radical (unpaired) electrons. The second-order valence-corrected chi connectivity index (χ2v) is 7.65. The Bertz CT molecular complexity index is 1210. The van der Waals surface area contributed by atoms with Gasteiger partial charge in [0, 0.05) is 27.7 Å². The summed E-state index contributed by atoms with van der Waals surface area (Å²) < 4.78 is 5.91. The van der Waals surface area contributed by atoms with Crippen LogP contribution in [0.2, 0.25) is 0 Å². The number of rotatable bonds is 8. The third-order valence-electron chi connectivity index (χ3n) is 4.42. The Morgan fingerprint density at radius 1 is 0.909 bits per heavy atom. The highest BCUT2D eigenvalue weighted by atomic mass is 79.9. The van der Waals surface area contributed by atoms with Gasteiger partial charge in [0.25, 0.3) is 11.6 Å². The molecule has 3 rings (SSSR count). The average Bonchev–Trinajstić information content (AvgIpc) is 2.83. The van der Waals surface area contributed by atoms with E-state index in [-0.39, 0.29) is 16.9 Å². The van der Waals surface area contributed by atoms with E-state index in [9.17, 15) is 24.5 Å². The molecule has 0 fully saturated rings. The van der Waals surface area contributed by atoms with Crippen LogP contribution in [-0.2, 0) is 9.53 Å². The summed E-state index contributed by atoms with van der Waals surface area (Å²) >= 11 is 3.29. The molecule has 1 amide bonds. The van der Waals surface area contributed by atoms with Crippen LogP contribution < -0.4 is 5.32 Å². The van der Waals surface area contributed by atoms with E-state index in [1.165, 1.54) is 30.3 Å². The van der Waals surface area contributed by atoms with Gasteiger partial charge in [-0.25, -0.2) is 4.79 Å². The summed E-state index contributed by atoms with van der Waals surface area (Å²) in [4.78, 5) is 47.8. The highest BCUT2D eigenvalue weighted by molar-refractivity contribution is 9.10. The van der Waals surface area contributed by atoms with Crippen LogP contribution in [0.4, 0.5) is 5.69 Å². The molecule has 0 unspecified atom stereocenters. The number of esters is 1. The minimum atomic E-state index is -0.903. The van der Waals surface area contributed by atoms with Crippen LogP contribution in [0.3, 0.4) is 0 Å². The number of ketones is 1. The Morgan fingerprint density at radius 3 is 2.12 bits per heavy atom. The first kappa shape index (κ1) is 23.6. The van der Waals surface area contributed by atoms with E-state index in [1.807, 2.05) is 0 Å². The van der Waals surface area contributed by atoms with Gasteiger partial charge in [-0.05, 0) is 48.0 Å². The SMILES string of the molecule is O=C(OCC(=O)c1ccc([N+](=O)[O-])cc1)/C(=C/c1ccccc1)NC(=O)c1ccc(Br)cc1. The average molecular weight is 509 g/mol. The molecule has 0 heterocycles. The predicted octanol–water partition coefficient (Wildman–Crippen LogP) is 4.55. The van der Waals surface area contributed by atoms with Crippen LogP contribution in [0.25, 0.3) is 6.08 Å². The van der Waals surface area contributed by atoms with Crippen LogP contribution in [0, 0.1) is 10.1 Å². The lowest BCUT2D eigenvalue weighted by Crippen LogP contribution is -2.29. The van der Waals surface area contributed by atoms with Crippen LogP contribution in [0.15, 0.2) is 89.0 Å². The van der Waals surface area contributed by atoms with E-state index in [4.69, 9.17) is 4.74 Å². The summed E-state index contributed by atoms with van der Waals surface area (Å²) in [5.74, 6) is -1.97. The van der Waals surface area contributed by atoms with Crippen molar-refractivity contribution >= 4 is 45.4 Å². The van der Waals surface area contributed by atoms with Crippen molar-refractivity contribution in [3.8, 4) is 0 Å². The molecule has 0 spiro atoms. The number of non-ortho nitro benzene ring substituents is 1. The van der Waals surface area contributed by atoms with Crippen molar-refractivity contribution in [1.82, 2.24) is 5.32 Å². The van der Waals surface area contributed by atoms with Gasteiger partial charge in [0.15, 0.2) is 12.4 Å². The summed E-state index contributed by atoms with van der Waals surface area (Å²) in [6.45, 7) is -0.600. The molecule has 166 valence electrons. The second-order valence-electron chi connectivity index (χ2n) is 6.73. The molecule has 0 atom stereocenters. The Kier molecular flexibility index (Phi) is 7.82. The number of amides is 1. The molecule has 8 nitrogen and oxygen atoms in total. The van der Waals surface area contributed by atoms with E-state index in [0.29, 0.717) is 11.1 Å². The van der Waals surface area contributed by atoms with Gasteiger partial charge < -0.3 is 10.1 Å². The van der Waals surface area contributed by atoms with Crippen molar-refractivity contribution in [2.24, 2.45) is 0 Å². The van der Waals surface area contributed by atoms with E-state index in [1.54, 1.807) is 54.6 Å². The molecular formula is C24H17BrN2O6. The Hall–Kier alpha value is -4.11. The smallest absolute Gasteiger partial charge is 0.355 e. The maximum atomic E-state index is 12.7. The largest absolute Gasteiger partial charge is 0.453 e. The number of Topliss-reactive ketones (excluding diaryl/α,β-unsaturated/α-hetero) is 1. The number of halogens is 1. The maximum Gasteiger partial charge on any atom is 0.355 e. The van der Waals surface area contributed by atoms with Crippen LogP contribution in [-0.4, -0.2) is 29.2 Å². The maximum absolute atomic E-state index is 12.7. The van der Waals surface area contributed by atoms with Gasteiger partial charge in [0.1, 0.15) is 5.70 Å². The van der Waals surface area contributed by atoms with Gasteiger partial charge >= 0.3 is 5.97 Å². The van der Waals surface area contributed by atoms with Gasteiger partial charge in [-0.2, -0.15) is 0 Å². The van der Waals surface area contributed by atoms with Gasteiger partial charge in [-0.1, -0.05) is 46.3 Å². The van der Waals surface area contributed by atoms with Crippen molar-refractivity contribution in [3.63, 3.8) is 0 Å². The Labute approximate surface area is 197 Å².